The number of ether oxygens (including phenoxy) is 1. The van der Waals surface area contributed by atoms with E-state index in [-0.39, 0.29) is 11.3 Å². The zero-order valence-corrected chi connectivity index (χ0v) is 10.9. The van der Waals surface area contributed by atoms with Crippen LogP contribution in [0.3, 0.4) is 0 Å². The molecule has 0 atom stereocenters. The Kier molecular flexibility index (Phi) is 3.94. The highest BCUT2D eigenvalue weighted by Gasteiger charge is 2.06. The van der Waals surface area contributed by atoms with Gasteiger partial charge < -0.3 is 10.1 Å². The molecule has 0 spiro atoms. The van der Waals surface area contributed by atoms with Crippen molar-refractivity contribution in [3.8, 4) is 6.01 Å². The second kappa shape index (κ2) is 5.64. The van der Waals surface area contributed by atoms with Crippen molar-refractivity contribution in [2.45, 2.75) is 13.8 Å². The van der Waals surface area contributed by atoms with Crippen LogP contribution in [0.1, 0.15) is 12.5 Å². The molecule has 94 valence electrons. The SMILES string of the molecule is CCOc1nc(Cl)nc(Nc2ccccc2C)n1. The van der Waals surface area contributed by atoms with Gasteiger partial charge >= 0.3 is 6.01 Å². The molecule has 0 aliphatic carbocycles. The van der Waals surface area contributed by atoms with E-state index >= 15 is 0 Å². The van der Waals surface area contributed by atoms with Gasteiger partial charge in [0.25, 0.3) is 0 Å². The monoisotopic (exact) mass is 264 g/mol. The molecule has 1 N–H and O–H groups in total. The Balaban J connectivity index is 2.26. The van der Waals surface area contributed by atoms with Crippen LogP contribution < -0.4 is 10.1 Å². The van der Waals surface area contributed by atoms with E-state index in [1.807, 2.05) is 38.1 Å². The first-order valence-corrected chi connectivity index (χ1v) is 5.94. The van der Waals surface area contributed by atoms with E-state index in [1.54, 1.807) is 0 Å². The molecule has 0 saturated heterocycles. The fraction of sp³-hybridized carbons (Fsp3) is 0.250. The lowest BCUT2D eigenvalue weighted by Gasteiger charge is -2.08. The summed E-state index contributed by atoms with van der Waals surface area (Å²) in [6.45, 7) is 4.32. The van der Waals surface area contributed by atoms with Gasteiger partial charge in [-0.15, -0.1) is 0 Å². The smallest absolute Gasteiger partial charge is 0.322 e. The minimum absolute atomic E-state index is 0.101. The normalized spacial score (nSPS) is 10.2. The van der Waals surface area contributed by atoms with E-state index in [4.69, 9.17) is 16.3 Å². The van der Waals surface area contributed by atoms with Crippen molar-refractivity contribution in [1.29, 1.82) is 0 Å². The van der Waals surface area contributed by atoms with E-state index in [9.17, 15) is 0 Å². The number of anilines is 2. The summed E-state index contributed by atoms with van der Waals surface area (Å²) in [5.74, 6) is 0.368. The quantitative estimate of drug-likeness (QED) is 0.920. The number of hydrogen-bond acceptors (Lipinski definition) is 5. The number of aryl methyl sites for hydroxylation is 1. The summed E-state index contributed by atoms with van der Waals surface area (Å²) < 4.78 is 5.21. The van der Waals surface area contributed by atoms with Crippen LogP contribution in [0.15, 0.2) is 24.3 Å². The van der Waals surface area contributed by atoms with Crippen LogP contribution in [0.2, 0.25) is 5.28 Å². The fourth-order valence-electron chi connectivity index (χ4n) is 1.42. The molecule has 1 heterocycles. The number of benzene rings is 1. The molecule has 2 rings (SSSR count). The molecule has 0 aliphatic heterocycles. The third kappa shape index (κ3) is 3.07. The van der Waals surface area contributed by atoms with Crippen molar-refractivity contribution >= 4 is 23.2 Å². The van der Waals surface area contributed by atoms with Gasteiger partial charge in [-0.25, -0.2) is 0 Å². The summed E-state index contributed by atoms with van der Waals surface area (Å²) in [5, 5.41) is 3.19. The average Bonchev–Trinajstić information content (AvgIpc) is 2.32. The van der Waals surface area contributed by atoms with Gasteiger partial charge in [-0.05, 0) is 37.1 Å². The zero-order valence-electron chi connectivity index (χ0n) is 10.1. The Morgan fingerprint density at radius 2 is 2.00 bits per heavy atom. The molecule has 0 saturated carbocycles. The average molecular weight is 265 g/mol. The van der Waals surface area contributed by atoms with E-state index < -0.39 is 0 Å². The van der Waals surface area contributed by atoms with Gasteiger partial charge in [0.05, 0.1) is 6.61 Å². The summed E-state index contributed by atoms with van der Waals surface area (Å²) >= 11 is 5.81. The standard InChI is InChI=1S/C12H13ClN4O/c1-3-18-12-16-10(13)15-11(17-12)14-9-7-5-4-6-8(9)2/h4-7H,3H2,1-2H3,(H,14,15,16,17). The molecule has 0 radical (unpaired) electrons. The summed E-state index contributed by atoms with van der Waals surface area (Å²) in [6.07, 6.45) is 0. The molecule has 0 bridgehead atoms. The fourth-order valence-corrected chi connectivity index (χ4v) is 1.57. The molecular formula is C12H13ClN4O. The largest absolute Gasteiger partial charge is 0.464 e. The first-order valence-electron chi connectivity index (χ1n) is 5.56. The molecule has 2 aromatic rings. The van der Waals surface area contributed by atoms with Gasteiger partial charge in [0, 0.05) is 5.69 Å². The van der Waals surface area contributed by atoms with Crippen molar-refractivity contribution in [3.63, 3.8) is 0 Å². The van der Waals surface area contributed by atoms with E-state index in [0.29, 0.717) is 12.6 Å². The molecule has 1 aromatic heterocycles. The highest BCUT2D eigenvalue weighted by Crippen LogP contribution is 2.19. The van der Waals surface area contributed by atoms with Crippen LogP contribution in [-0.2, 0) is 0 Å². The Hall–Kier alpha value is -1.88. The van der Waals surface area contributed by atoms with Crippen molar-refractivity contribution in [1.82, 2.24) is 15.0 Å². The van der Waals surface area contributed by atoms with Gasteiger partial charge in [0.15, 0.2) is 0 Å². The van der Waals surface area contributed by atoms with Crippen LogP contribution in [0.25, 0.3) is 0 Å². The second-order valence-electron chi connectivity index (χ2n) is 3.58. The predicted molar refractivity (Wildman–Crippen MR) is 70.5 cm³/mol. The van der Waals surface area contributed by atoms with Crippen molar-refractivity contribution in [2.75, 3.05) is 11.9 Å². The second-order valence-corrected chi connectivity index (χ2v) is 3.92. The van der Waals surface area contributed by atoms with Crippen LogP contribution >= 0.6 is 11.6 Å². The Morgan fingerprint density at radius 3 is 2.72 bits per heavy atom. The van der Waals surface area contributed by atoms with Gasteiger partial charge in [-0.2, -0.15) is 15.0 Å². The Bertz CT molecular complexity index is 547. The minimum atomic E-state index is 0.101. The molecule has 1 aromatic carbocycles. The van der Waals surface area contributed by atoms with Crippen molar-refractivity contribution in [2.24, 2.45) is 0 Å². The third-order valence-corrected chi connectivity index (χ3v) is 2.42. The maximum atomic E-state index is 5.81. The summed E-state index contributed by atoms with van der Waals surface area (Å²) in [7, 11) is 0. The molecule has 0 unspecified atom stereocenters. The van der Waals surface area contributed by atoms with E-state index in [2.05, 4.69) is 20.3 Å². The topological polar surface area (TPSA) is 59.9 Å². The summed E-state index contributed by atoms with van der Waals surface area (Å²) in [6, 6.07) is 8.05. The molecule has 6 heteroatoms. The van der Waals surface area contributed by atoms with E-state index in [0.717, 1.165) is 11.3 Å². The van der Waals surface area contributed by atoms with Crippen molar-refractivity contribution < 1.29 is 4.74 Å². The van der Waals surface area contributed by atoms with Gasteiger partial charge in [-0.1, -0.05) is 18.2 Å². The van der Waals surface area contributed by atoms with E-state index in [1.165, 1.54) is 0 Å². The third-order valence-electron chi connectivity index (χ3n) is 2.25. The van der Waals surface area contributed by atoms with Crippen LogP contribution in [0.5, 0.6) is 6.01 Å². The maximum absolute atomic E-state index is 5.81. The number of halogens is 1. The highest BCUT2D eigenvalue weighted by atomic mass is 35.5. The number of nitrogens with zero attached hydrogens (tertiary/aromatic N) is 3. The molecule has 0 fully saturated rings. The first-order chi connectivity index (χ1) is 8.69. The molecule has 5 nitrogen and oxygen atoms in total. The number of rotatable bonds is 4. The Labute approximate surface area is 110 Å². The van der Waals surface area contributed by atoms with Gasteiger partial charge in [0.2, 0.25) is 11.2 Å². The van der Waals surface area contributed by atoms with Gasteiger partial charge in [-0.3, -0.25) is 0 Å². The maximum Gasteiger partial charge on any atom is 0.322 e. The molecule has 0 amide bonds. The lowest BCUT2D eigenvalue weighted by molar-refractivity contribution is 0.312. The molecule has 0 aliphatic rings. The summed E-state index contributed by atoms with van der Waals surface area (Å²) in [5.41, 5.74) is 2.01. The highest BCUT2D eigenvalue weighted by molar-refractivity contribution is 6.28. The number of para-hydroxylation sites is 1. The predicted octanol–water partition coefficient (Wildman–Crippen LogP) is 2.98. The minimum Gasteiger partial charge on any atom is -0.464 e. The first kappa shape index (κ1) is 12.6. The van der Waals surface area contributed by atoms with Crippen LogP contribution in [0, 0.1) is 6.92 Å². The lowest BCUT2D eigenvalue weighted by Crippen LogP contribution is -2.04. The zero-order chi connectivity index (χ0) is 13.0. The van der Waals surface area contributed by atoms with Crippen LogP contribution in [-0.4, -0.2) is 21.6 Å². The molecular weight excluding hydrogens is 252 g/mol. The number of hydrogen-bond donors (Lipinski definition) is 1. The molecule has 18 heavy (non-hydrogen) atoms. The van der Waals surface area contributed by atoms with Crippen molar-refractivity contribution in [3.05, 3.63) is 35.1 Å². The van der Waals surface area contributed by atoms with Crippen LogP contribution in [0.4, 0.5) is 11.6 Å². The lowest BCUT2D eigenvalue weighted by atomic mass is 10.2. The summed E-state index contributed by atoms with van der Waals surface area (Å²) in [4.78, 5) is 12.0. The van der Waals surface area contributed by atoms with Gasteiger partial charge in [0.1, 0.15) is 0 Å². The number of aromatic nitrogens is 3. The Morgan fingerprint density at radius 1 is 1.22 bits per heavy atom. The number of nitrogens with one attached hydrogen (secondary N) is 1.